The van der Waals surface area contributed by atoms with Gasteiger partial charge in [-0.1, -0.05) is 12.1 Å². The van der Waals surface area contributed by atoms with Gasteiger partial charge >= 0.3 is 0 Å². The number of aliphatic hydroxyl groups excluding tert-OH is 1. The highest BCUT2D eigenvalue weighted by molar-refractivity contribution is 5.93. The summed E-state index contributed by atoms with van der Waals surface area (Å²) in [6.45, 7) is 0.713. The summed E-state index contributed by atoms with van der Waals surface area (Å²) in [5.41, 5.74) is 1.35. The molecule has 2 unspecified atom stereocenters. The fourth-order valence-corrected chi connectivity index (χ4v) is 3.26. The first kappa shape index (κ1) is 15.7. The summed E-state index contributed by atoms with van der Waals surface area (Å²) < 4.78 is 14.8. The molecule has 1 aliphatic rings. The van der Waals surface area contributed by atoms with Crippen molar-refractivity contribution in [2.45, 2.75) is 31.4 Å². The number of aryl methyl sites for hydroxylation is 1. The van der Waals surface area contributed by atoms with Crippen LogP contribution in [0.25, 0.3) is 0 Å². The van der Waals surface area contributed by atoms with E-state index in [-0.39, 0.29) is 17.8 Å². The number of carbonyl (C=O) groups is 1. The molecule has 2 atom stereocenters. The first-order valence-electron chi connectivity index (χ1n) is 7.92. The largest absolute Gasteiger partial charge is 0.388 e. The van der Waals surface area contributed by atoms with E-state index in [9.17, 15) is 14.3 Å². The van der Waals surface area contributed by atoms with Gasteiger partial charge in [0.15, 0.2) is 0 Å². The number of hydrogen-bond acceptors (Lipinski definition) is 2. The van der Waals surface area contributed by atoms with Crippen LogP contribution < -0.4 is 0 Å². The number of halogens is 1. The Morgan fingerprint density at radius 3 is 2.74 bits per heavy atom. The Hall–Kier alpha value is -2.14. The molecular formula is C18H21FN2O2. The zero-order valence-electron chi connectivity index (χ0n) is 13.2. The summed E-state index contributed by atoms with van der Waals surface area (Å²) in [7, 11) is 1.85. The second-order valence-electron chi connectivity index (χ2n) is 6.10. The molecule has 1 aliphatic heterocycles. The van der Waals surface area contributed by atoms with Crippen molar-refractivity contribution in [3.05, 3.63) is 59.7 Å². The third-order valence-electron chi connectivity index (χ3n) is 4.55. The third kappa shape index (κ3) is 3.29. The zero-order valence-corrected chi connectivity index (χ0v) is 13.2. The molecule has 0 radical (unpaired) electrons. The van der Waals surface area contributed by atoms with Gasteiger partial charge in [-0.05, 0) is 49.1 Å². The van der Waals surface area contributed by atoms with E-state index < -0.39 is 6.10 Å². The molecule has 0 saturated carbocycles. The predicted molar refractivity (Wildman–Crippen MR) is 85.4 cm³/mol. The van der Waals surface area contributed by atoms with E-state index in [1.807, 2.05) is 34.8 Å². The maximum absolute atomic E-state index is 13.0. The molecule has 3 rings (SSSR count). The van der Waals surface area contributed by atoms with Crippen LogP contribution in [0.15, 0.2) is 42.6 Å². The van der Waals surface area contributed by atoms with Crippen molar-refractivity contribution in [3.8, 4) is 0 Å². The van der Waals surface area contributed by atoms with Gasteiger partial charge in [-0.3, -0.25) is 4.79 Å². The number of carbonyl (C=O) groups excluding carboxylic acids is 1. The molecule has 2 aromatic rings. The van der Waals surface area contributed by atoms with Crippen LogP contribution in [-0.4, -0.2) is 33.1 Å². The van der Waals surface area contributed by atoms with Gasteiger partial charge in [-0.25, -0.2) is 4.39 Å². The topological polar surface area (TPSA) is 45.5 Å². The Morgan fingerprint density at radius 1 is 1.35 bits per heavy atom. The van der Waals surface area contributed by atoms with E-state index in [0.29, 0.717) is 24.2 Å². The summed E-state index contributed by atoms with van der Waals surface area (Å²) in [6.07, 6.45) is 3.46. The summed E-state index contributed by atoms with van der Waals surface area (Å²) >= 11 is 0. The van der Waals surface area contributed by atoms with E-state index in [1.54, 1.807) is 12.1 Å². The van der Waals surface area contributed by atoms with Crippen molar-refractivity contribution >= 4 is 5.91 Å². The molecule has 23 heavy (non-hydrogen) atoms. The van der Waals surface area contributed by atoms with E-state index in [1.165, 1.54) is 12.1 Å². The van der Waals surface area contributed by atoms with Gasteiger partial charge in [0.2, 0.25) is 0 Å². The molecule has 0 bridgehead atoms. The minimum Gasteiger partial charge on any atom is -0.388 e. The summed E-state index contributed by atoms with van der Waals surface area (Å²) in [5, 5.41) is 10.4. The zero-order chi connectivity index (χ0) is 16.4. The second kappa shape index (κ2) is 6.54. The maximum atomic E-state index is 13.0. The monoisotopic (exact) mass is 316 g/mol. The van der Waals surface area contributed by atoms with Crippen LogP contribution in [0.5, 0.6) is 0 Å². The van der Waals surface area contributed by atoms with Gasteiger partial charge in [0.05, 0.1) is 6.10 Å². The maximum Gasteiger partial charge on any atom is 0.270 e. The van der Waals surface area contributed by atoms with Gasteiger partial charge in [0, 0.05) is 25.8 Å². The Morgan fingerprint density at radius 2 is 2.09 bits per heavy atom. The Kier molecular flexibility index (Phi) is 4.48. The normalized spacial score (nSPS) is 19.1. The highest BCUT2D eigenvalue weighted by Gasteiger charge is 2.32. The lowest BCUT2D eigenvalue weighted by Gasteiger charge is -2.27. The van der Waals surface area contributed by atoms with Gasteiger partial charge in [0.1, 0.15) is 11.5 Å². The van der Waals surface area contributed by atoms with Crippen molar-refractivity contribution in [2.24, 2.45) is 7.05 Å². The fourth-order valence-electron chi connectivity index (χ4n) is 3.26. The quantitative estimate of drug-likeness (QED) is 0.943. The van der Waals surface area contributed by atoms with Crippen molar-refractivity contribution in [1.29, 1.82) is 0 Å². The number of rotatable bonds is 4. The fraction of sp³-hybridized carbons (Fsp3) is 0.389. The van der Waals surface area contributed by atoms with E-state index in [0.717, 1.165) is 12.8 Å². The van der Waals surface area contributed by atoms with Crippen molar-refractivity contribution in [3.63, 3.8) is 0 Å². The lowest BCUT2D eigenvalue weighted by molar-refractivity contribution is 0.0658. The van der Waals surface area contributed by atoms with Gasteiger partial charge < -0.3 is 14.6 Å². The van der Waals surface area contributed by atoms with Crippen LogP contribution in [0.3, 0.4) is 0 Å². The standard InChI is InChI=1S/C18H21FN2O2/c1-20-10-3-5-16(20)18(23)21-11-2-4-15(21)12-17(22)13-6-8-14(19)9-7-13/h3,5-10,15,17,22H,2,4,11-12H2,1H3. The summed E-state index contributed by atoms with van der Waals surface area (Å²) in [5.74, 6) is -0.311. The average molecular weight is 316 g/mol. The molecule has 2 heterocycles. The smallest absolute Gasteiger partial charge is 0.270 e. The minimum absolute atomic E-state index is 0.00584. The Balaban J connectivity index is 1.70. The van der Waals surface area contributed by atoms with Crippen LogP contribution >= 0.6 is 0 Å². The highest BCUT2D eigenvalue weighted by Crippen LogP contribution is 2.28. The number of amides is 1. The number of benzene rings is 1. The average Bonchev–Trinajstić information content (AvgIpc) is 3.16. The molecule has 0 aliphatic carbocycles. The van der Waals surface area contributed by atoms with Crippen molar-refractivity contribution in [1.82, 2.24) is 9.47 Å². The molecule has 1 amide bonds. The molecule has 1 aromatic heterocycles. The van der Waals surface area contributed by atoms with Crippen LogP contribution in [0.2, 0.25) is 0 Å². The van der Waals surface area contributed by atoms with E-state index in [4.69, 9.17) is 0 Å². The van der Waals surface area contributed by atoms with Crippen LogP contribution in [0.4, 0.5) is 4.39 Å². The summed E-state index contributed by atoms with van der Waals surface area (Å²) in [6, 6.07) is 9.56. The number of nitrogens with zero attached hydrogens (tertiary/aromatic N) is 2. The molecule has 122 valence electrons. The van der Waals surface area contributed by atoms with Crippen molar-refractivity contribution in [2.75, 3.05) is 6.54 Å². The predicted octanol–water partition coefficient (Wildman–Crippen LogP) is 2.89. The van der Waals surface area contributed by atoms with E-state index >= 15 is 0 Å². The lowest BCUT2D eigenvalue weighted by Crippen LogP contribution is -2.37. The number of hydrogen-bond donors (Lipinski definition) is 1. The number of likely N-dealkylation sites (tertiary alicyclic amines) is 1. The Bertz CT molecular complexity index is 681. The lowest BCUT2D eigenvalue weighted by atomic mass is 10.0. The first-order valence-corrected chi connectivity index (χ1v) is 7.92. The molecule has 1 fully saturated rings. The van der Waals surface area contributed by atoms with Crippen LogP contribution in [0.1, 0.15) is 41.4 Å². The SMILES string of the molecule is Cn1cccc1C(=O)N1CCCC1CC(O)c1ccc(F)cc1. The minimum atomic E-state index is -0.692. The molecule has 1 N–H and O–H groups in total. The molecular weight excluding hydrogens is 295 g/mol. The van der Waals surface area contributed by atoms with Gasteiger partial charge in [0.25, 0.3) is 5.91 Å². The van der Waals surface area contributed by atoms with Gasteiger partial charge in [-0.15, -0.1) is 0 Å². The molecule has 5 heteroatoms. The number of aliphatic hydroxyl groups is 1. The van der Waals surface area contributed by atoms with Crippen LogP contribution in [0, 0.1) is 5.82 Å². The third-order valence-corrected chi connectivity index (χ3v) is 4.55. The van der Waals surface area contributed by atoms with E-state index in [2.05, 4.69) is 0 Å². The van der Waals surface area contributed by atoms with Gasteiger partial charge in [-0.2, -0.15) is 0 Å². The van der Waals surface area contributed by atoms with Crippen LogP contribution in [-0.2, 0) is 7.05 Å². The number of aromatic nitrogens is 1. The molecule has 1 saturated heterocycles. The highest BCUT2D eigenvalue weighted by atomic mass is 19.1. The van der Waals surface area contributed by atoms with Crippen molar-refractivity contribution < 1.29 is 14.3 Å². The molecule has 4 nitrogen and oxygen atoms in total. The first-order chi connectivity index (χ1) is 11.1. The second-order valence-corrected chi connectivity index (χ2v) is 6.10. The Labute approximate surface area is 135 Å². The molecule has 1 aromatic carbocycles. The summed E-state index contributed by atoms with van der Waals surface area (Å²) in [4.78, 5) is 14.5. The molecule has 0 spiro atoms.